The molecule has 0 heterocycles. The molecule has 198 valence electrons. The van der Waals surface area contributed by atoms with E-state index < -0.39 is 51.2 Å². The van der Waals surface area contributed by atoms with Gasteiger partial charge in [0, 0.05) is 17.1 Å². The molecular weight excluding hydrogens is 587 g/mol. The lowest BCUT2D eigenvalue weighted by Crippen LogP contribution is -2.52. The molecule has 0 saturated carbocycles. The van der Waals surface area contributed by atoms with Gasteiger partial charge in [0.1, 0.15) is 12.6 Å². The van der Waals surface area contributed by atoms with Gasteiger partial charge in [-0.25, -0.2) is 8.42 Å². The van der Waals surface area contributed by atoms with Crippen LogP contribution in [0.2, 0.25) is 5.02 Å². The molecular formula is C23H26BrClF3N3O4S. The Bertz CT molecular complexity index is 1230. The predicted molar refractivity (Wildman–Crippen MR) is 136 cm³/mol. The summed E-state index contributed by atoms with van der Waals surface area (Å²) in [5, 5.41) is 2.10. The number of carbonyl (C=O) groups is 2. The Balaban J connectivity index is 2.48. The van der Waals surface area contributed by atoms with Crippen molar-refractivity contribution in [2.75, 3.05) is 17.1 Å². The van der Waals surface area contributed by atoms with Crippen LogP contribution in [0.3, 0.4) is 0 Å². The smallest absolute Gasteiger partial charge is 0.352 e. The summed E-state index contributed by atoms with van der Waals surface area (Å²) < 4.78 is 66.5. The molecule has 0 unspecified atom stereocenters. The van der Waals surface area contributed by atoms with Gasteiger partial charge in [0.2, 0.25) is 21.8 Å². The maximum absolute atomic E-state index is 13.4. The third kappa shape index (κ3) is 8.10. The van der Waals surface area contributed by atoms with Crippen LogP contribution in [-0.2, 0) is 32.3 Å². The second-order valence-corrected chi connectivity index (χ2v) is 11.7. The van der Waals surface area contributed by atoms with E-state index in [1.54, 1.807) is 38.1 Å². The normalized spacial score (nSPS) is 12.8. The van der Waals surface area contributed by atoms with Gasteiger partial charge in [-0.1, -0.05) is 39.7 Å². The highest BCUT2D eigenvalue weighted by molar-refractivity contribution is 9.10. The molecule has 36 heavy (non-hydrogen) atoms. The molecule has 0 saturated heterocycles. The minimum atomic E-state index is -4.84. The van der Waals surface area contributed by atoms with Crippen LogP contribution >= 0.6 is 27.5 Å². The fraction of sp³-hybridized carbons (Fsp3) is 0.391. The number of nitrogens with zero attached hydrogens (tertiary/aromatic N) is 2. The van der Waals surface area contributed by atoms with Gasteiger partial charge in [-0.05, 0) is 56.7 Å². The first-order valence-corrected chi connectivity index (χ1v) is 13.7. The molecule has 0 spiro atoms. The van der Waals surface area contributed by atoms with Crippen LogP contribution in [0, 0.1) is 0 Å². The molecule has 13 heteroatoms. The molecule has 2 aromatic carbocycles. The van der Waals surface area contributed by atoms with Gasteiger partial charge < -0.3 is 10.2 Å². The fourth-order valence-corrected chi connectivity index (χ4v) is 4.83. The summed E-state index contributed by atoms with van der Waals surface area (Å²) in [6.07, 6.45) is -4.06. The third-order valence-electron chi connectivity index (χ3n) is 5.06. The zero-order valence-corrected chi connectivity index (χ0v) is 23.1. The van der Waals surface area contributed by atoms with Crippen molar-refractivity contribution in [3.05, 3.63) is 63.1 Å². The summed E-state index contributed by atoms with van der Waals surface area (Å²) in [6, 6.07) is 8.31. The molecule has 1 atom stereocenters. The van der Waals surface area contributed by atoms with Crippen LogP contribution in [0.4, 0.5) is 18.9 Å². The Morgan fingerprint density at radius 2 is 1.75 bits per heavy atom. The third-order valence-corrected chi connectivity index (χ3v) is 7.03. The number of alkyl halides is 3. The van der Waals surface area contributed by atoms with E-state index in [0.29, 0.717) is 15.9 Å². The molecule has 0 aliphatic rings. The summed E-state index contributed by atoms with van der Waals surface area (Å²) in [6.45, 7) is 4.11. The number of halogens is 5. The topological polar surface area (TPSA) is 86.8 Å². The summed E-state index contributed by atoms with van der Waals surface area (Å²) in [5.41, 5.74) is -0.971. The van der Waals surface area contributed by atoms with Gasteiger partial charge in [-0.2, -0.15) is 13.2 Å². The molecule has 0 fully saturated rings. The minimum absolute atomic E-state index is 0.0447. The van der Waals surface area contributed by atoms with Crippen molar-refractivity contribution >= 4 is 55.1 Å². The Kier molecular flexibility index (Phi) is 9.83. The first-order valence-electron chi connectivity index (χ1n) is 10.7. The second-order valence-electron chi connectivity index (χ2n) is 8.42. The van der Waals surface area contributed by atoms with E-state index >= 15 is 0 Å². The van der Waals surface area contributed by atoms with E-state index in [-0.39, 0.29) is 18.3 Å². The standard InChI is InChI=1S/C23H26BrClF3N3O4S/c1-14(2)29-22(33)15(3)30(12-16-6-5-7-17(24)10-16)21(32)13-31(36(4,34)35)18-8-9-20(25)19(11-18)23(26,27)28/h5-11,14-15H,12-13H2,1-4H3,(H,29,33)/t15-/m1/s1. The molecule has 0 aliphatic heterocycles. The monoisotopic (exact) mass is 611 g/mol. The largest absolute Gasteiger partial charge is 0.417 e. The summed E-state index contributed by atoms with van der Waals surface area (Å²) in [5.74, 6) is -1.25. The number of amides is 2. The van der Waals surface area contributed by atoms with E-state index in [1.807, 2.05) is 0 Å². The Morgan fingerprint density at radius 3 is 2.28 bits per heavy atom. The molecule has 0 bridgehead atoms. The van der Waals surface area contributed by atoms with Gasteiger partial charge in [0.05, 0.1) is 22.5 Å². The van der Waals surface area contributed by atoms with Crippen LogP contribution < -0.4 is 9.62 Å². The molecule has 2 rings (SSSR count). The molecule has 7 nitrogen and oxygen atoms in total. The van der Waals surface area contributed by atoms with E-state index in [2.05, 4.69) is 21.2 Å². The van der Waals surface area contributed by atoms with E-state index in [0.717, 1.165) is 22.9 Å². The van der Waals surface area contributed by atoms with Crippen molar-refractivity contribution in [3.63, 3.8) is 0 Å². The maximum Gasteiger partial charge on any atom is 0.417 e. The van der Waals surface area contributed by atoms with Crippen LogP contribution in [0.5, 0.6) is 0 Å². The first-order chi connectivity index (χ1) is 16.5. The number of anilines is 1. The fourth-order valence-electron chi connectivity index (χ4n) is 3.32. The summed E-state index contributed by atoms with van der Waals surface area (Å²) in [4.78, 5) is 27.3. The number of carbonyl (C=O) groups excluding carboxylic acids is 2. The van der Waals surface area contributed by atoms with Gasteiger partial charge in [0.15, 0.2) is 0 Å². The van der Waals surface area contributed by atoms with Crippen LogP contribution in [0.1, 0.15) is 31.9 Å². The highest BCUT2D eigenvalue weighted by Crippen LogP contribution is 2.37. The van der Waals surface area contributed by atoms with Crippen LogP contribution in [-0.4, -0.2) is 50.0 Å². The minimum Gasteiger partial charge on any atom is -0.352 e. The Hall–Kier alpha value is -2.31. The van der Waals surface area contributed by atoms with Crippen molar-refractivity contribution < 1.29 is 31.2 Å². The van der Waals surface area contributed by atoms with Gasteiger partial charge in [-0.3, -0.25) is 13.9 Å². The maximum atomic E-state index is 13.4. The summed E-state index contributed by atoms with van der Waals surface area (Å²) >= 11 is 9.01. The second kappa shape index (κ2) is 11.8. The van der Waals surface area contributed by atoms with Gasteiger partial charge in [-0.15, -0.1) is 0 Å². The highest BCUT2D eigenvalue weighted by Gasteiger charge is 2.35. The molecule has 1 N–H and O–H groups in total. The molecule has 0 aliphatic carbocycles. The number of rotatable bonds is 9. The van der Waals surface area contributed by atoms with Crippen molar-refractivity contribution in [2.45, 2.75) is 45.6 Å². The lowest BCUT2D eigenvalue weighted by molar-refractivity contribution is -0.139. The Morgan fingerprint density at radius 1 is 1.11 bits per heavy atom. The molecule has 2 aromatic rings. The highest BCUT2D eigenvalue weighted by atomic mass is 79.9. The number of benzene rings is 2. The molecule has 2 amide bonds. The molecule has 0 aromatic heterocycles. The van der Waals surface area contributed by atoms with Crippen molar-refractivity contribution in [1.82, 2.24) is 10.2 Å². The van der Waals surface area contributed by atoms with Crippen LogP contribution in [0.15, 0.2) is 46.9 Å². The number of hydrogen-bond acceptors (Lipinski definition) is 4. The zero-order chi connectivity index (χ0) is 27.4. The number of hydrogen-bond donors (Lipinski definition) is 1. The van der Waals surface area contributed by atoms with Crippen molar-refractivity contribution in [1.29, 1.82) is 0 Å². The summed E-state index contributed by atoms with van der Waals surface area (Å²) in [7, 11) is -4.20. The SMILES string of the molecule is CC(C)NC(=O)[C@@H](C)N(Cc1cccc(Br)c1)C(=O)CN(c1ccc(Cl)c(C(F)(F)F)c1)S(C)(=O)=O. The van der Waals surface area contributed by atoms with E-state index in [1.165, 1.54) is 11.8 Å². The first kappa shape index (κ1) is 29.9. The van der Waals surface area contributed by atoms with Crippen LogP contribution in [0.25, 0.3) is 0 Å². The van der Waals surface area contributed by atoms with Crippen molar-refractivity contribution in [2.24, 2.45) is 0 Å². The van der Waals surface area contributed by atoms with E-state index in [9.17, 15) is 31.2 Å². The quantitative estimate of drug-likeness (QED) is 0.440. The van der Waals surface area contributed by atoms with Gasteiger partial charge in [0.25, 0.3) is 0 Å². The van der Waals surface area contributed by atoms with E-state index in [4.69, 9.17) is 11.6 Å². The average Bonchev–Trinajstić information content (AvgIpc) is 2.73. The van der Waals surface area contributed by atoms with Crippen molar-refractivity contribution in [3.8, 4) is 0 Å². The lowest BCUT2D eigenvalue weighted by atomic mass is 10.1. The molecule has 0 radical (unpaired) electrons. The number of nitrogens with one attached hydrogen (secondary N) is 1. The zero-order valence-electron chi connectivity index (χ0n) is 19.9. The lowest BCUT2D eigenvalue weighted by Gasteiger charge is -2.32. The Labute approximate surface area is 221 Å². The predicted octanol–water partition coefficient (Wildman–Crippen LogP) is 4.83. The van der Waals surface area contributed by atoms with Gasteiger partial charge >= 0.3 is 6.18 Å². The number of sulfonamides is 1. The average molecular weight is 613 g/mol.